The number of ketones is 1. The van der Waals surface area contributed by atoms with Gasteiger partial charge in [0.05, 0.1) is 5.75 Å². The first-order chi connectivity index (χ1) is 14.5. The van der Waals surface area contributed by atoms with E-state index in [4.69, 9.17) is 4.42 Å². The lowest BCUT2D eigenvalue weighted by molar-refractivity contribution is 0.0623. The van der Waals surface area contributed by atoms with Crippen molar-refractivity contribution in [1.29, 1.82) is 0 Å². The van der Waals surface area contributed by atoms with Crippen LogP contribution in [0.4, 0.5) is 0 Å². The fourth-order valence-corrected chi connectivity index (χ4v) is 4.48. The quantitative estimate of drug-likeness (QED) is 0.436. The van der Waals surface area contributed by atoms with Crippen molar-refractivity contribution in [3.05, 3.63) is 71.4 Å². The van der Waals surface area contributed by atoms with Crippen LogP contribution in [0.2, 0.25) is 0 Å². The molecule has 0 N–H and O–H groups in total. The van der Waals surface area contributed by atoms with E-state index in [1.807, 2.05) is 55.1 Å². The van der Waals surface area contributed by atoms with Crippen LogP contribution >= 0.6 is 11.8 Å². The molecule has 1 aromatic carbocycles. The smallest absolute Gasteiger partial charge is 0.289 e. The third-order valence-corrected chi connectivity index (χ3v) is 6.56. The molecule has 6 nitrogen and oxygen atoms in total. The minimum Gasteiger partial charge on any atom is -0.455 e. The minimum absolute atomic E-state index is 0.0295. The number of likely N-dealkylation sites (tertiary alicyclic amines) is 1. The molecule has 1 amide bonds. The van der Waals surface area contributed by atoms with Gasteiger partial charge in [-0.05, 0) is 31.9 Å². The highest BCUT2D eigenvalue weighted by atomic mass is 32.2. The molecule has 0 atom stereocenters. The van der Waals surface area contributed by atoms with Crippen molar-refractivity contribution < 1.29 is 14.0 Å². The second-order valence-corrected chi connectivity index (χ2v) is 8.61. The molecule has 4 rings (SSSR count). The van der Waals surface area contributed by atoms with Gasteiger partial charge in [0.1, 0.15) is 5.76 Å². The highest BCUT2D eigenvalue weighted by molar-refractivity contribution is 7.98. The number of Topliss-reactive ketones (excluding diaryl/α,β-unsaturated/α-hetero) is 1. The molecule has 1 aliphatic heterocycles. The summed E-state index contributed by atoms with van der Waals surface area (Å²) < 4.78 is 7.72. The maximum absolute atomic E-state index is 12.8. The van der Waals surface area contributed by atoms with Crippen LogP contribution in [0.1, 0.15) is 45.1 Å². The Labute approximate surface area is 180 Å². The van der Waals surface area contributed by atoms with Crippen LogP contribution in [0.3, 0.4) is 0 Å². The highest BCUT2D eigenvalue weighted by Crippen LogP contribution is 2.25. The Kier molecular flexibility index (Phi) is 6.08. The van der Waals surface area contributed by atoms with Crippen molar-refractivity contribution >= 4 is 23.5 Å². The summed E-state index contributed by atoms with van der Waals surface area (Å²) in [6.07, 6.45) is 5.02. The number of rotatable bonds is 6. The number of hydrogen-bond acceptors (Lipinski definition) is 5. The van der Waals surface area contributed by atoms with E-state index in [9.17, 15) is 9.59 Å². The second-order valence-electron chi connectivity index (χ2n) is 7.67. The zero-order chi connectivity index (χ0) is 21.1. The molecule has 30 heavy (non-hydrogen) atoms. The van der Waals surface area contributed by atoms with Crippen LogP contribution in [0, 0.1) is 12.8 Å². The molecule has 2 aromatic heterocycles. The number of nitrogens with zero attached hydrogens (tertiary/aromatic N) is 3. The number of imidazole rings is 1. The van der Waals surface area contributed by atoms with Gasteiger partial charge in [0.25, 0.3) is 5.91 Å². The van der Waals surface area contributed by atoms with Crippen molar-refractivity contribution in [1.82, 2.24) is 14.5 Å². The lowest BCUT2D eigenvalue weighted by atomic mass is 9.88. The van der Waals surface area contributed by atoms with Gasteiger partial charge in [0, 0.05) is 44.0 Å². The average Bonchev–Trinajstić information content (AvgIpc) is 3.41. The van der Waals surface area contributed by atoms with Gasteiger partial charge in [0.15, 0.2) is 16.7 Å². The van der Waals surface area contributed by atoms with Crippen molar-refractivity contribution in [2.45, 2.75) is 30.7 Å². The summed E-state index contributed by atoms with van der Waals surface area (Å²) in [5, 5.41) is 0.902. The van der Waals surface area contributed by atoms with Gasteiger partial charge < -0.3 is 13.9 Å². The molecule has 0 saturated carbocycles. The molecule has 0 bridgehead atoms. The Hall–Kier alpha value is -2.80. The third-order valence-electron chi connectivity index (χ3n) is 5.48. The van der Waals surface area contributed by atoms with Crippen LogP contribution in [0.25, 0.3) is 0 Å². The molecule has 0 aliphatic carbocycles. The Balaban J connectivity index is 1.31. The zero-order valence-corrected chi connectivity index (χ0v) is 18.0. The van der Waals surface area contributed by atoms with Crippen LogP contribution in [-0.4, -0.2) is 39.2 Å². The van der Waals surface area contributed by atoms with Gasteiger partial charge in [-0.1, -0.05) is 41.6 Å². The number of furan rings is 1. The zero-order valence-electron chi connectivity index (χ0n) is 17.2. The van der Waals surface area contributed by atoms with E-state index in [1.54, 1.807) is 28.9 Å². The van der Waals surface area contributed by atoms with E-state index in [0.717, 1.165) is 22.0 Å². The second kappa shape index (κ2) is 8.92. The van der Waals surface area contributed by atoms with Gasteiger partial charge in [-0.2, -0.15) is 0 Å². The third kappa shape index (κ3) is 4.51. The van der Waals surface area contributed by atoms with Gasteiger partial charge >= 0.3 is 0 Å². The number of carbonyl (C=O) groups is 2. The van der Waals surface area contributed by atoms with Gasteiger partial charge in [-0.25, -0.2) is 4.98 Å². The SMILES string of the molecule is Cc1ccc(C(=O)C2CCN(C(=O)c3ccc(CSc4nccn4C)o3)CC2)cc1. The Morgan fingerprint density at radius 3 is 2.53 bits per heavy atom. The average molecular weight is 424 g/mol. The first-order valence-electron chi connectivity index (χ1n) is 10.1. The molecule has 3 heterocycles. The standard InChI is InChI=1S/C23H25N3O3S/c1-16-3-5-17(6-4-16)21(27)18-9-12-26(13-10-18)22(28)20-8-7-19(29-20)15-30-23-24-11-14-25(23)2/h3-8,11,14,18H,9-10,12-13,15H2,1-2H3. The molecule has 7 heteroatoms. The predicted octanol–water partition coefficient (Wildman–Crippen LogP) is 4.35. The number of carbonyl (C=O) groups excluding carboxylic acids is 2. The van der Waals surface area contributed by atoms with E-state index in [-0.39, 0.29) is 17.6 Å². The Morgan fingerprint density at radius 2 is 1.87 bits per heavy atom. The maximum Gasteiger partial charge on any atom is 0.289 e. The summed E-state index contributed by atoms with van der Waals surface area (Å²) >= 11 is 1.57. The lowest BCUT2D eigenvalue weighted by Gasteiger charge is -2.30. The first kappa shape index (κ1) is 20.5. The topological polar surface area (TPSA) is 68.3 Å². The van der Waals surface area contributed by atoms with Crippen LogP contribution in [-0.2, 0) is 12.8 Å². The van der Waals surface area contributed by atoms with E-state index < -0.39 is 0 Å². The van der Waals surface area contributed by atoms with E-state index in [1.165, 1.54) is 0 Å². The van der Waals surface area contributed by atoms with Crippen molar-refractivity contribution in [2.75, 3.05) is 13.1 Å². The summed E-state index contributed by atoms with van der Waals surface area (Å²) in [4.78, 5) is 31.6. The van der Waals surface area contributed by atoms with Gasteiger partial charge in [-0.3, -0.25) is 9.59 Å². The Bertz CT molecular complexity index is 1030. The number of piperidine rings is 1. The van der Waals surface area contributed by atoms with Crippen molar-refractivity contribution in [3.8, 4) is 0 Å². The van der Waals surface area contributed by atoms with E-state index in [2.05, 4.69) is 4.98 Å². The molecule has 1 fully saturated rings. The first-order valence-corrected chi connectivity index (χ1v) is 11.1. The minimum atomic E-state index is -0.107. The molecule has 1 aliphatic rings. The van der Waals surface area contributed by atoms with E-state index >= 15 is 0 Å². The summed E-state index contributed by atoms with van der Waals surface area (Å²) in [5.74, 6) is 1.76. The number of aryl methyl sites for hydroxylation is 2. The van der Waals surface area contributed by atoms with Crippen LogP contribution < -0.4 is 0 Å². The summed E-state index contributed by atoms with van der Waals surface area (Å²) in [6.45, 7) is 3.15. The fraction of sp³-hybridized carbons (Fsp3) is 0.348. The van der Waals surface area contributed by atoms with Gasteiger partial charge in [-0.15, -0.1) is 0 Å². The number of hydrogen-bond donors (Lipinski definition) is 0. The number of thioether (sulfide) groups is 1. The number of benzene rings is 1. The van der Waals surface area contributed by atoms with Gasteiger partial charge in [0.2, 0.25) is 0 Å². The molecule has 3 aromatic rings. The molecule has 0 spiro atoms. The lowest BCUT2D eigenvalue weighted by Crippen LogP contribution is -2.40. The summed E-state index contributed by atoms with van der Waals surface area (Å²) in [7, 11) is 1.94. The number of aromatic nitrogens is 2. The normalized spacial score (nSPS) is 14.8. The largest absolute Gasteiger partial charge is 0.455 e. The monoisotopic (exact) mass is 423 g/mol. The Morgan fingerprint density at radius 1 is 1.13 bits per heavy atom. The van der Waals surface area contributed by atoms with Crippen LogP contribution in [0.5, 0.6) is 0 Å². The molecule has 156 valence electrons. The van der Waals surface area contributed by atoms with Crippen molar-refractivity contribution in [3.63, 3.8) is 0 Å². The summed E-state index contributed by atoms with van der Waals surface area (Å²) in [5.41, 5.74) is 1.90. The highest BCUT2D eigenvalue weighted by Gasteiger charge is 2.29. The molecular weight excluding hydrogens is 398 g/mol. The maximum atomic E-state index is 12.8. The van der Waals surface area contributed by atoms with Crippen molar-refractivity contribution in [2.24, 2.45) is 13.0 Å². The van der Waals surface area contributed by atoms with E-state index in [0.29, 0.717) is 37.4 Å². The number of amides is 1. The summed E-state index contributed by atoms with van der Waals surface area (Å²) in [6, 6.07) is 11.3. The molecule has 1 saturated heterocycles. The molecule has 0 radical (unpaired) electrons. The fourth-order valence-electron chi connectivity index (χ4n) is 3.65. The predicted molar refractivity (Wildman–Crippen MR) is 116 cm³/mol. The molecular formula is C23H25N3O3S. The molecule has 0 unspecified atom stereocenters. The van der Waals surface area contributed by atoms with Crippen LogP contribution in [0.15, 0.2) is 58.4 Å².